The minimum atomic E-state index is -0.280. The van der Waals surface area contributed by atoms with Gasteiger partial charge < -0.3 is 4.90 Å². The van der Waals surface area contributed by atoms with Crippen LogP contribution in [-0.2, 0) is 11.2 Å². The zero-order chi connectivity index (χ0) is 11.7. The number of anilines is 1. The first-order valence-corrected chi connectivity index (χ1v) is 5.23. The molecule has 0 spiro atoms. The highest BCUT2D eigenvalue weighted by Gasteiger charge is 2.29. The number of para-hydroxylation sites is 1. The fraction of sp³-hybridized carbons (Fsp3) is 0.333. The van der Waals surface area contributed by atoms with Gasteiger partial charge in [0.05, 0.1) is 5.69 Å². The Morgan fingerprint density at radius 3 is 2.62 bits per heavy atom. The monoisotopic (exact) mass is 218 g/mol. The molecule has 0 aromatic heterocycles. The van der Waals surface area contributed by atoms with E-state index >= 15 is 0 Å². The van der Waals surface area contributed by atoms with Gasteiger partial charge in [-0.15, -0.1) is 0 Å². The maximum absolute atomic E-state index is 11.9. The average Bonchev–Trinajstić information content (AvgIpc) is 2.28. The van der Waals surface area contributed by atoms with Gasteiger partial charge in [0, 0.05) is 20.5 Å². The van der Waals surface area contributed by atoms with Crippen LogP contribution in [0, 0.1) is 0 Å². The molecule has 1 aromatic carbocycles. The van der Waals surface area contributed by atoms with Gasteiger partial charge in [0.25, 0.3) is 0 Å². The van der Waals surface area contributed by atoms with Crippen molar-refractivity contribution in [1.29, 1.82) is 0 Å². The van der Waals surface area contributed by atoms with Crippen molar-refractivity contribution in [3.63, 3.8) is 0 Å². The van der Waals surface area contributed by atoms with Gasteiger partial charge in [-0.3, -0.25) is 4.79 Å². The van der Waals surface area contributed by atoms with Gasteiger partial charge in [-0.2, -0.15) is 0 Å². The normalized spacial score (nSPS) is 14.6. The molecular formula is C12H14N2O2. The van der Waals surface area contributed by atoms with Crippen LogP contribution in [-0.4, -0.2) is 30.9 Å². The Hall–Kier alpha value is -1.84. The Bertz CT molecular complexity index is 440. The average molecular weight is 218 g/mol. The number of amides is 3. The molecule has 1 aromatic rings. The molecule has 1 aliphatic rings. The summed E-state index contributed by atoms with van der Waals surface area (Å²) in [5, 5.41) is 0. The molecule has 0 fully saturated rings. The van der Waals surface area contributed by atoms with Crippen molar-refractivity contribution >= 4 is 17.6 Å². The SMILES string of the molecule is CN(C)C(=O)N1C(=O)CCc2ccccc21. The maximum atomic E-state index is 11.9. The van der Waals surface area contributed by atoms with Gasteiger partial charge >= 0.3 is 6.03 Å². The van der Waals surface area contributed by atoms with Gasteiger partial charge in [0.15, 0.2) is 0 Å². The first-order valence-electron chi connectivity index (χ1n) is 5.23. The molecule has 84 valence electrons. The van der Waals surface area contributed by atoms with Crippen molar-refractivity contribution in [3.05, 3.63) is 29.8 Å². The largest absolute Gasteiger partial charge is 0.330 e. The summed E-state index contributed by atoms with van der Waals surface area (Å²) in [4.78, 5) is 26.4. The van der Waals surface area contributed by atoms with E-state index in [2.05, 4.69) is 0 Å². The lowest BCUT2D eigenvalue weighted by Crippen LogP contribution is -2.45. The third-order valence-electron chi connectivity index (χ3n) is 2.66. The first-order chi connectivity index (χ1) is 7.61. The summed E-state index contributed by atoms with van der Waals surface area (Å²) < 4.78 is 0. The number of urea groups is 1. The molecular weight excluding hydrogens is 204 g/mol. The summed E-state index contributed by atoms with van der Waals surface area (Å²) in [7, 11) is 3.29. The van der Waals surface area contributed by atoms with Crippen molar-refractivity contribution in [2.75, 3.05) is 19.0 Å². The number of imide groups is 1. The minimum absolute atomic E-state index is 0.127. The molecule has 0 aliphatic carbocycles. The Balaban J connectivity index is 2.45. The van der Waals surface area contributed by atoms with E-state index in [0.29, 0.717) is 12.8 Å². The molecule has 1 heterocycles. The molecule has 1 aliphatic heterocycles. The van der Waals surface area contributed by atoms with Crippen LogP contribution in [0.5, 0.6) is 0 Å². The van der Waals surface area contributed by atoms with Crippen LogP contribution in [0.3, 0.4) is 0 Å². The number of rotatable bonds is 0. The van der Waals surface area contributed by atoms with E-state index in [-0.39, 0.29) is 11.9 Å². The second kappa shape index (κ2) is 3.96. The van der Waals surface area contributed by atoms with Crippen LogP contribution in [0.1, 0.15) is 12.0 Å². The van der Waals surface area contributed by atoms with Crippen molar-refractivity contribution in [1.82, 2.24) is 4.90 Å². The number of carbonyl (C=O) groups excluding carboxylic acids is 2. The highest BCUT2D eigenvalue weighted by atomic mass is 16.2. The van der Waals surface area contributed by atoms with E-state index in [4.69, 9.17) is 0 Å². The third-order valence-corrected chi connectivity index (χ3v) is 2.66. The van der Waals surface area contributed by atoms with Gasteiger partial charge in [0.2, 0.25) is 5.91 Å². The summed E-state index contributed by atoms with van der Waals surface area (Å²) in [6, 6.07) is 7.25. The lowest BCUT2D eigenvalue weighted by molar-refractivity contribution is -0.118. The quantitative estimate of drug-likeness (QED) is 0.664. The molecule has 0 N–H and O–H groups in total. The molecule has 2 rings (SSSR count). The van der Waals surface area contributed by atoms with Crippen molar-refractivity contribution in [2.45, 2.75) is 12.8 Å². The van der Waals surface area contributed by atoms with Crippen LogP contribution in [0.25, 0.3) is 0 Å². The summed E-state index contributed by atoms with van der Waals surface area (Å²) in [6.45, 7) is 0. The Morgan fingerprint density at radius 2 is 1.94 bits per heavy atom. The second-order valence-corrected chi connectivity index (χ2v) is 4.03. The molecule has 3 amide bonds. The van der Waals surface area contributed by atoms with Crippen LogP contribution >= 0.6 is 0 Å². The number of hydrogen-bond acceptors (Lipinski definition) is 2. The predicted octanol–water partition coefficient (Wildman–Crippen LogP) is 1.65. The van der Waals surface area contributed by atoms with Crippen molar-refractivity contribution in [2.24, 2.45) is 0 Å². The van der Waals surface area contributed by atoms with Crippen molar-refractivity contribution < 1.29 is 9.59 Å². The highest BCUT2D eigenvalue weighted by molar-refractivity contribution is 6.15. The zero-order valence-electron chi connectivity index (χ0n) is 9.43. The van der Waals surface area contributed by atoms with E-state index in [1.54, 1.807) is 14.1 Å². The molecule has 0 bridgehead atoms. The maximum Gasteiger partial charge on any atom is 0.330 e. The third kappa shape index (κ3) is 1.66. The number of aryl methyl sites for hydroxylation is 1. The van der Waals surface area contributed by atoms with Crippen LogP contribution in [0.4, 0.5) is 10.5 Å². The van der Waals surface area contributed by atoms with Gasteiger partial charge in [-0.05, 0) is 18.1 Å². The first kappa shape index (κ1) is 10.7. The molecule has 0 atom stereocenters. The van der Waals surface area contributed by atoms with E-state index < -0.39 is 0 Å². The summed E-state index contributed by atoms with van der Waals surface area (Å²) in [6.07, 6.45) is 1.11. The number of hydrogen-bond donors (Lipinski definition) is 0. The molecule has 0 unspecified atom stereocenters. The molecule has 0 radical (unpaired) electrons. The molecule has 4 heteroatoms. The summed E-state index contributed by atoms with van der Waals surface area (Å²) in [5.74, 6) is -0.127. The van der Waals surface area contributed by atoms with Crippen LogP contribution < -0.4 is 4.90 Å². The molecule has 16 heavy (non-hydrogen) atoms. The fourth-order valence-corrected chi connectivity index (χ4v) is 1.84. The molecule has 0 saturated heterocycles. The van der Waals surface area contributed by atoms with Gasteiger partial charge in [0.1, 0.15) is 0 Å². The van der Waals surface area contributed by atoms with Crippen molar-refractivity contribution in [3.8, 4) is 0 Å². The second-order valence-electron chi connectivity index (χ2n) is 4.03. The fourth-order valence-electron chi connectivity index (χ4n) is 1.84. The Kier molecular flexibility index (Phi) is 2.64. The molecule has 4 nitrogen and oxygen atoms in total. The lowest BCUT2D eigenvalue weighted by atomic mass is 10.0. The minimum Gasteiger partial charge on any atom is -0.330 e. The van der Waals surface area contributed by atoms with E-state index in [9.17, 15) is 9.59 Å². The predicted molar refractivity (Wildman–Crippen MR) is 61.3 cm³/mol. The van der Waals surface area contributed by atoms with E-state index in [0.717, 1.165) is 11.3 Å². The number of carbonyl (C=O) groups is 2. The highest BCUT2D eigenvalue weighted by Crippen LogP contribution is 2.27. The zero-order valence-corrected chi connectivity index (χ0v) is 9.43. The summed E-state index contributed by atoms with van der Waals surface area (Å²) in [5.41, 5.74) is 1.77. The topological polar surface area (TPSA) is 40.6 Å². The van der Waals surface area contributed by atoms with Gasteiger partial charge in [-0.25, -0.2) is 9.69 Å². The lowest BCUT2D eigenvalue weighted by Gasteiger charge is -2.29. The number of fused-ring (bicyclic) bond motifs is 1. The summed E-state index contributed by atoms with van der Waals surface area (Å²) >= 11 is 0. The van der Waals surface area contributed by atoms with E-state index in [1.165, 1.54) is 9.80 Å². The Morgan fingerprint density at radius 1 is 1.25 bits per heavy atom. The Labute approximate surface area is 94.5 Å². The van der Waals surface area contributed by atoms with E-state index in [1.807, 2.05) is 24.3 Å². The van der Waals surface area contributed by atoms with Crippen LogP contribution in [0.15, 0.2) is 24.3 Å². The van der Waals surface area contributed by atoms with Crippen LogP contribution in [0.2, 0.25) is 0 Å². The van der Waals surface area contributed by atoms with Gasteiger partial charge in [-0.1, -0.05) is 18.2 Å². The number of nitrogens with zero attached hydrogens (tertiary/aromatic N) is 2. The standard InChI is InChI=1S/C12H14N2O2/c1-13(2)12(16)14-10-6-4-3-5-9(10)7-8-11(14)15/h3-6H,7-8H2,1-2H3. The number of benzene rings is 1. The smallest absolute Gasteiger partial charge is 0.330 e. The molecule has 0 saturated carbocycles.